The minimum atomic E-state index is -0.585. The fourth-order valence-electron chi connectivity index (χ4n) is 2.08. The minimum Gasteiger partial charge on any atom is -0.468 e. The van der Waals surface area contributed by atoms with Crippen LogP contribution in [0.15, 0.2) is 24.5 Å². The van der Waals surface area contributed by atoms with Crippen LogP contribution >= 0.6 is 0 Å². The van der Waals surface area contributed by atoms with E-state index in [1.54, 1.807) is 18.1 Å². The number of ether oxygens (including phenoxy) is 1. The molecule has 2 aromatic rings. The van der Waals surface area contributed by atoms with E-state index in [0.717, 1.165) is 10.9 Å². The number of pyridine rings is 1. The molecule has 0 saturated carbocycles. The lowest BCUT2D eigenvalue weighted by Crippen LogP contribution is -2.30. The molecule has 0 radical (unpaired) electrons. The molecule has 20 heavy (non-hydrogen) atoms. The van der Waals surface area contributed by atoms with Gasteiger partial charge in [0.15, 0.2) is 0 Å². The van der Waals surface area contributed by atoms with Gasteiger partial charge in [-0.3, -0.25) is 14.7 Å². The van der Waals surface area contributed by atoms with Crippen molar-refractivity contribution in [3.8, 4) is 6.07 Å². The maximum absolute atomic E-state index is 11.3. The maximum atomic E-state index is 11.3. The summed E-state index contributed by atoms with van der Waals surface area (Å²) in [6.07, 6.45) is 3.68. The third-order valence-electron chi connectivity index (χ3n) is 3.24. The van der Waals surface area contributed by atoms with E-state index in [4.69, 9.17) is 0 Å². The first kappa shape index (κ1) is 14.0. The molecule has 6 heteroatoms. The Morgan fingerprint density at radius 1 is 1.65 bits per heavy atom. The lowest BCUT2D eigenvalue weighted by molar-refractivity contribution is -0.141. The number of aromatic nitrogens is 2. The number of methoxy groups -OCH3 is 1. The van der Waals surface area contributed by atoms with Crippen molar-refractivity contribution in [1.29, 1.82) is 5.26 Å². The molecule has 104 valence electrons. The van der Waals surface area contributed by atoms with Crippen molar-refractivity contribution >= 4 is 16.9 Å². The predicted octanol–water partition coefficient (Wildman–Crippen LogP) is 1.24. The Labute approximate surface area is 117 Å². The van der Waals surface area contributed by atoms with Gasteiger partial charge in [0.25, 0.3) is 0 Å². The molecule has 0 aliphatic rings. The molecule has 0 aliphatic carbocycles. The van der Waals surface area contributed by atoms with Gasteiger partial charge in [-0.2, -0.15) is 5.26 Å². The van der Waals surface area contributed by atoms with Crippen LogP contribution < -0.4 is 0 Å². The minimum absolute atomic E-state index is 0.0449. The van der Waals surface area contributed by atoms with Gasteiger partial charge < -0.3 is 9.30 Å². The van der Waals surface area contributed by atoms with Crippen molar-refractivity contribution < 1.29 is 9.53 Å². The Hall–Kier alpha value is -2.39. The van der Waals surface area contributed by atoms with E-state index in [2.05, 4.69) is 15.8 Å². The van der Waals surface area contributed by atoms with Crippen LogP contribution in [0.25, 0.3) is 10.9 Å². The number of nitriles is 1. The van der Waals surface area contributed by atoms with E-state index in [1.165, 1.54) is 7.11 Å². The van der Waals surface area contributed by atoms with Crippen LogP contribution in [0.4, 0.5) is 0 Å². The van der Waals surface area contributed by atoms with Gasteiger partial charge in [-0.25, -0.2) is 0 Å². The summed E-state index contributed by atoms with van der Waals surface area (Å²) in [5, 5.41) is 10.3. The number of carbonyl (C=O) groups excluding carboxylic acids is 1. The van der Waals surface area contributed by atoms with E-state index in [0.29, 0.717) is 5.69 Å². The number of carbonyl (C=O) groups is 1. The first-order valence-corrected chi connectivity index (χ1v) is 6.14. The highest BCUT2D eigenvalue weighted by molar-refractivity contribution is 5.79. The number of aryl methyl sites for hydroxylation is 1. The molecule has 6 nitrogen and oxygen atoms in total. The molecule has 0 N–H and O–H groups in total. The molecule has 0 saturated heterocycles. The van der Waals surface area contributed by atoms with Gasteiger partial charge in [0, 0.05) is 18.6 Å². The standard InChI is InChI=1S/C14H16N4O2/c1-17-5-4-10-6-11(16-8-13(10)17)12(7-15)18(2)9-14(19)20-3/h4-6,8,12H,9H2,1-3H3. The SMILES string of the molecule is COC(=O)CN(C)C(C#N)c1cc2ccn(C)c2cn1. The first-order chi connectivity index (χ1) is 9.56. The van der Waals surface area contributed by atoms with Crippen LogP contribution in [0.3, 0.4) is 0 Å². The summed E-state index contributed by atoms with van der Waals surface area (Å²) in [5.74, 6) is -0.381. The van der Waals surface area contributed by atoms with Gasteiger partial charge >= 0.3 is 5.97 Å². The van der Waals surface area contributed by atoms with E-state index in [1.807, 2.05) is 29.9 Å². The molecule has 2 aromatic heterocycles. The van der Waals surface area contributed by atoms with Gasteiger partial charge in [-0.1, -0.05) is 0 Å². The van der Waals surface area contributed by atoms with Crippen LogP contribution in [0.2, 0.25) is 0 Å². The highest BCUT2D eigenvalue weighted by Crippen LogP contribution is 2.21. The molecule has 0 spiro atoms. The van der Waals surface area contributed by atoms with Crippen molar-refractivity contribution in [2.45, 2.75) is 6.04 Å². The highest BCUT2D eigenvalue weighted by Gasteiger charge is 2.21. The molecule has 0 fully saturated rings. The second-order valence-corrected chi connectivity index (χ2v) is 4.62. The Balaban J connectivity index is 2.29. The van der Waals surface area contributed by atoms with E-state index in [-0.39, 0.29) is 12.5 Å². The monoisotopic (exact) mass is 272 g/mol. The number of fused-ring (bicyclic) bond motifs is 1. The van der Waals surface area contributed by atoms with Gasteiger partial charge in [-0.05, 0) is 19.2 Å². The summed E-state index contributed by atoms with van der Waals surface area (Å²) in [6.45, 7) is 0.0449. The van der Waals surface area contributed by atoms with Crippen molar-refractivity contribution in [2.75, 3.05) is 20.7 Å². The van der Waals surface area contributed by atoms with E-state index < -0.39 is 6.04 Å². The predicted molar refractivity (Wildman–Crippen MR) is 73.7 cm³/mol. The number of esters is 1. The third-order valence-corrected chi connectivity index (χ3v) is 3.24. The topological polar surface area (TPSA) is 71.2 Å². The molecule has 2 rings (SSSR count). The lowest BCUT2D eigenvalue weighted by Gasteiger charge is -2.20. The van der Waals surface area contributed by atoms with Crippen molar-refractivity contribution in [2.24, 2.45) is 7.05 Å². The smallest absolute Gasteiger partial charge is 0.319 e. The Morgan fingerprint density at radius 3 is 3.05 bits per heavy atom. The molecular formula is C14H16N4O2. The molecule has 0 aliphatic heterocycles. The quantitative estimate of drug-likeness (QED) is 0.783. The summed E-state index contributed by atoms with van der Waals surface area (Å²) in [7, 11) is 4.96. The lowest BCUT2D eigenvalue weighted by atomic mass is 10.1. The van der Waals surface area contributed by atoms with Crippen LogP contribution in [-0.4, -0.2) is 41.1 Å². The van der Waals surface area contributed by atoms with Crippen molar-refractivity contribution in [3.05, 3.63) is 30.2 Å². The third kappa shape index (κ3) is 2.63. The molecule has 0 amide bonds. The summed E-state index contributed by atoms with van der Waals surface area (Å²) < 4.78 is 6.58. The van der Waals surface area contributed by atoms with Gasteiger partial charge in [-0.15, -0.1) is 0 Å². The zero-order chi connectivity index (χ0) is 14.7. The zero-order valence-electron chi connectivity index (χ0n) is 11.7. The Bertz CT molecular complexity index is 671. The number of likely N-dealkylation sites (N-methyl/N-ethyl adjacent to an activating group) is 1. The molecular weight excluding hydrogens is 256 g/mol. The van der Waals surface area contributed by atoms with Gasteiger partial charge in [0.05, 0.1) is 37.1 Å². The van der Waals surface area contributed by atoms with Gasteiger partial charge in [0.2, 0.25) is 0 Å². The first-order valence-electron chi connectivity index (χ1n) is 6.14. The average molecular weight is 272 g/mol. The maximum Gasteiger partial charge on any atom is 0.319 e. The van der Waals surface area contributed by atoms with Crippen LogP contribution in [0.1, 0.15) is 11.7 Å². The Morgan fingerprint density at radius 2 is 2.40 bits per heavy atom. The second kappa shape index (κ2) is 5.72. The largest absolute Gasteiger partial charge is 0.468 e. The highest BCUT2D eigenvalue weighted by atomic mass is 16.5. The van der Waals surface area contributed by atoms with Crippen LogP contribution in [0, 0.1) is 11.3 Å². The van der Waals surface area contributed by atoms with Crippen LogP contribution in [0.5, 0.6) is 0 Å². The van der Waals surface area contributed by atoms with E-state index in [9.17, 15) is 10.1 Å². The van der Waals surface area contributed by atoms with Crippen molar-refractivity contribution in [1.82, 2.24) is 14.5 Å². The van der Waals surface area contributed by atoms with Crippen LogP contribution in [-0.2, 0) is 16.6 Å². The summed E-state index contributed by atoms with van der Waals surface area (Å²) in [5.41, 5.74) is 1.62. The molecule has 1 unspecified atom stereocenters. The molecule has 2 heterocycles. The molecule has 1 atom stereocenters. The Kier molecular flexibility index (Phi) is 4.01. The fourth-order valence-corrected chi connectivity index (χ4v) is 2.08. The number of hydrogen-bond donors (Lipinski definition) is 0. The summed E-state index contributed by atoms with van der Waals surface area (Å²) in [6, 6.07) is 5.42. The second-order valence-electron chi connectivity index (χ2n) is 4.62. The molecule has 0 bridgehead atoms. The number of rotatable bonds is 4. The summed E-state index contributed by atoms with van der Waals surface area (Å²) >= 11 is 0. The number of hydrogen-bond acceptors (Lipinski definition) is 5. The molecule has 0 aromatic carbocycles. The summed E-state index contributed by atoms with van der Waals surface area (Å²) in [4.78, 5) is 17.2. The number of nitrogens with zero attached hydrogens (tertiary/aromatic N) is 4. The van der Waals surface area contributed by atoms with E-state index >= 15 is 0 Å². The zero-order valence-corrected chi connectivity index (χ0v) is 11.7. The van der Waals surface area contributed by atoms with Crippen molar-refractivity contribution in [3.63, 3.8) is 0 Å². The van der Waals surface area contributed by atoms with Gasteiger partial charge in [0.1, 0.15) is 6.04 Å². The average Bonchev–Trinajstić information content (AvgIpc) is 2.80. The fraction of sp³-hybridized carbons (Fsp3) is 0.357. The normalized spacial score (nSPS) is 12.3.